The SMILES string of the molecule is Cc1ccc([C@@H]2Oc3ccccc3[C@H]3CC(c4ccc(OC(C)C)cc4)=NN32)cc1. The Morgan fingerprint density at radius 3 is 2.43 bits per heavy atom. The minimum Gasteiger partial charge on any atom is -0.491 e. The van der Waals surface area contributed by atoms with E-state index in [4.69, 9.17) is 14.6 Å². The Hall–Kier alpha value is -3.27. The summed E-state index contributed by atoms with van der Waals surface area (Å²) < 4.78 is 12.2. The summed E-state index contributed by atoms with van der Waals surface area (Å²) in [6, 6.07) is 25.3. The molecule has 4 nitrogen and oxygen atoms in total. The Balaban J connectivity index is 1.50. The second-order valence-electron chi connectivity index (χ2n) is 8.26. The van der Waals surface area contributed by atoms with Crippen LogP contribution in [-0.2, 0) is 0 Å². The monoisotopic (exact) mass is 398 g/mol. The number of aryl methyl sites for hydroxylation is 1. The predicted octanol–water partition coefficient (Wildman–Crippen LogP) is 6.02. The summed E-state index contributed by atoms with van der Waals surface area (Å²) in [6.07, 6.45) is 0.789. The molecule has 0 aliphatic carbocycles. The zero-order valence-corrected chi connectivity index (χ0v) is 17.6. The summed E-state index contributed by atoms with van der Waals surface area (Å²) in [7, 11) is 0. The lowest BCUT2D eigenvalue weighted by atomic mass is 9.96. The molecular formula is C26H26N2O2. The van der Waals surface area contributed by atoms with Gasteiger partial charge in [0.15, 0.2) is 0 Å². The second-order valence-corrected chi connectivity index (χ2v) is 8.26. The first-order valence-electron chi connectivity index (χ1n) is 10.5. The molecule has 2 atom stereocenters. The van der Waals surface area contributed by atoms with Crippen LogP contribution in [0.5, 0.6) is 11.5 Å². The van der Waals surface area contributed by atoms with Crippen molar-refractivity contribution in [1.29, 1.82) is 0 Å². The van der Waals surface area contributed by atoms with Crippen molar-refractivity contribution in [1.82, 2.24) is 5.01 Å². The van der Waals surface area contributed by atoms with Crippen molar-refractivity contribution < 1.29 is 9.47 Å². The van der Waals surface area contributed by atoms with Crippen LogP contribution in [0.25, 0.3) is 0 Å². The molecule has 0 radical (unpaired) electrons. The van der Waals surface area contributed by atoms with E-state index in [-0.39, 0.29) is 18.4 Å². The first-order valence-corrected chi connectivity index (χ1v) is 10.5. The maximum absolute atomic E-state index is 6.42. The van der Waals surface area contributed by atoms with Crippen molar-refractivity contribution in [3.8, 4) is 11.5 Å². The molecular weight excluding hydrogens is 372 g/mol. The number of para-hydroxylation sites is 1. The van der Waals surface area contributed by atoms with E-state index >= 15 is 0 Å². The van der Waals surface area contributed by atoms with E-state index in [1.807, 2.05) is 32.0 Å². The molecule has 3 aromatic rings. The Kier molecular flexibility index (Phi) is 4.70. The van der Waals surface area contributed by atoms with Crippen LogP contribution in [0.15, 0.2) is 77.9 Å². The van der Waals surface area contributed by atoms with E-state index in [2.05, 4.69) is 66.5 Å². The maximum atomic E-state index is 6.42. The van der Waals surface area contributed by atoms with Gasteiger partial charge in [0.25, 0.3) is 0 Å². The van der Waals surface area contributed by atoms with Crippen molar-refractivity contribution >= 4 is 5.71 Å². The molecule has 0 saturated heterocycles. The van der Waals surface area contributed by atoms with Gasteiger partial charge in [0.1, 0.15) is 11.5 Å². The van der Waals surface area contributed by atoms with E-state index < -0.39 is 0 Å². The quantitative estimate of drug-likeness (QED) is 0.538. The zero-order chi connectivity index (χ0) is 20.7. The van der Waals surface area contributed by atoms with Crippen LogP contribution in [0, 0.1) is 6.92 Å². The lowest BCUT2D eigenvalue weighted by molar-refractivity contribution is -0.0190. The van der Waals surface area contributed by atoms with Gasteiger partial charge in [-0.25, -0.2) is 5.01 Å². The van der Waals surface area contributed by atoms with Gasteiger partial charge < -0.3 is 9.47 Å². The number of hydrogen-bond donors (Lipinski definition) is 0. The Labute approximate surface area is 177 Å². The van der Waals surface area contributed by atoms with Gasteiger partial charge in [-0.15, -0.1) is 0 Å². The van der Waals surface area contributed by atoms with Crippen molar-refractivity contribution in [3.63, 3.8) is 0 Å². The predicted molar refractivity (Wildman–Crippen MR) is 119 cm³/mol. The summed E-state index contributed by atoms with van der Waals surface area (Å²) in [5.74, 6) is 1.83. The first kappa shape index (κ1) is 18.7. The summed E-state index contributed by atoms with van der Waals surface area (Å²) in [4.78, 5) is 0. The highest BCUT2D eigenvalue weighted by Gasteiger charge is 2.40. The molecule has 2 aliphatic rings. The van der Waals surface area contributed by atoms with E-state index in [1.54, 1.807) is 0 Å². The topological polar surface area (TPSA) is 34.1 Å². The molecule has 0 unspecified atom stereocenters. The molecule has 2 heterocycles. The van der Waals surface area contributed by atoms with E-state index in [9.17, 15) is 0 Å². The molecule has 5 rings (SSSR count). The smallest absolute Gasteiger partial charge is 0.213 e. The number of nitrogens with zero attached hydrogens (tertiary/aromatic N) is 2. The average Bonchev–Trinajstić information content (AvgIpc) is 3.20. The standard InChI is InChI=1S/C26H26N2O2/c1-17(2)29-21-14-12-19(13-15-21)23-16-24-22-6-4-5-7-25(22)30-26(28(24)27-23)20-10-8-18(3)9-11-20/h4-15,17,24,26H,16H2,1-3H3/t24-,26+/m1/s1. The summed E-state index contributed by atoms with van der Waals surface area (Å²) >= 11 is 0. The third-order valence-corrected chi connectivity index (χ3v) is 5.62. The van der Waals surface area contributed by atoms with Gasteiger partial charge in [0.05, 0.1) is 17.9 Å². The molecule has 0 fully saturated rings. The fourth-order valence-electron chi connectivity index (χ4n) is 4.16. The lowest BCUT2D eigenvalue weighted by Gasteiger charge is -2.38. The van der Waals surface area contributed by atoms with E-state index in [1.165, 1.54) is 11.1 Å². The summed E-state index contributed by atoms with van der Waals surface area (Å²) in [5.41, 5.74) is 5.75. The number of hydrazone groups is 1. The van der Waals surface area contributed by atoms with Gasteiger partial charge in [0, 0.05) is 17.5 Å². The molecule has 152 valence electrons. The maximum Gasteiger partial charge on any atom is 0.213 e. The van der Waals surface area contributed by atoms with Gasteiger partial charge in [-0.3, -0.25) is 0 Å². The van der Waals surface area contributed by atoms with Crippen molar-refractivity contribution in [3.05, 3.63) is 95.1 Å². The molecule has 0 amide bonds. The highest BCUT2D eigenvalue weighted by atomic mass is 16.5. The van der Waals surface area contributed by atoms with Gasteiger partial charge in [-0.1, -0.05) is 48.0 Å². The molecule has 3 aromatic carbocycles. The highest BCUT2D eigenvalue weighted by Crippen LogP contribution is 2.47. The van der Waals surface area contributed by atoms with Gasteiger partial charge in [-0.05, 0) is 56.7 Å². The largest absolute Gasteiger partial charge is 0.491 e. The normalized spacial score (nSPS) is 19.7. The zero-order valence-electron chi connectivity index (χ0n) is 17.6. The Bertz CT molecular complexity index is 1070. The number of fused-ring (bicyclic) bond motifs is 3. The van der Waals surface area contributed by atoms with Crippen LogP contribution >= 0.6 is 0 Å². The fraction of sp³-hybridized carbons (Fsp3) is 0.269. The molecule has 0 N–H and O–H groups in total. The molecule has 0 aromatic heterocycles. The van der Waals surface area contributed by atoms with Crippen molar-refractivity contribution in [2.24, 2.45) is 5.10 Å². The summed E-state index contributed by atoms with van der Waals surface area (Å²) in [5, 5.41) is 7.16. The third kappa shape index (κ3) is 3.43. The molecule has 0 saturated carbocycles. The van der Waals surface area contributed by atoms with Crippen LogP contribution in [0.4, 0.5) is 0 Å². The van der Waals surface area contributed by atoms with E-state index in [0.717, 1.165) is 34.8 Å². The highest BCUT2D eigenvalue weighted by molar-refractivity contribution is 6.02. The minimum absolute atomic E-state index is 0.164. The molecule has 2 aliphatic heterocycles. The van der Waals surface area contributed by atoms with E-state index in [0.29, 0.717) is 0 Å². The van der Waals surface area contributed by atoms with Crippen LogP contribution < -0.4 is 9.47 Å². The third-order valence-electron chi connectivity index (χ3n) is 5.62. The van der Waals surface area contributed by atoms with Gasteiger partial charge in [0.2, 0.25) is 6.23 Å². The van der Waals surface area contributed by atoms with Crippen LogP contribution in [-0.4, -0.2) is 16.8 Å². The molecule has 4 heteroatoms. The van der Waals surface area contributed by atoms with Gasteiger partial charge in [-0.2, -0.15) is 5.10 Å². The fourth-order valence-corrected chi connectivity index (χ4v) is 4.16. The van der Waals surface area contributed by atoms with Crippen LogP contribution in [0.3, 0.4) is 0 Å². The van der Waals surface area contributed by atoms with Crippen LogP contribution in [0.2, 0.25) is 0 Å². The lowest BCUT2D eigenvalue weighted by Crippen LogP contribution is -2.33. The number of hydrogen-bond acceptors (Lipinski definition) is 4. The minimum atomic E-state index is -0.230. The van der Waals surface area contributed by atoms with Crippen molar-refractivity contribution in [2.75, 3.05) is 0 Å². The first-order chi connectivity index (χ1) is 14.6. The molecule has 0 bridgehead atoms. The summed E-state index contributed by atoms with van der Waals surface area (Å²) in [6.45, 7) is 6.17. The van der Waals surface area contributed by atoms with Gasteiger partial charge >= 0.3 is 0 Å². The average molecular weight is 399 g/mol. The number of rotatable bonds is 4. The second kappa shape index (κ2) is 7.52. The van der Waals surface area contributed by atoms with Crippen molar-refractivity contribution in [2.45, 2.75) is 45.6 Å². The van der Waals surface area contributed by atoms with Crippen LogP contribution in [0.1, 0.15) is 54.8 Å². The molecule has 30 heavy (non-hydrogen) atoms. The Morgan fingerprint density at radius 1 is 0.967 bits per heavy atom. The molecule has 0 spiro atoms. The number of benzene rings is 3. The number of ether oxygens (including phenoxy) is 2. The Morgan fingerprint density at radius 2 is 1.70 bits per heavy atom.